The zero-order chi connectivity index (χ0) is 17.9. The molecule has 4 rings (SSSR count). The number of halogens is 1. The molecule has 0 aliphatic rings. The number of nitriles is 1. The Kier molecular flexibility index (Phi) is 4.22. The second kappa shape index (κ2) is 6.83. The van der Waals surface area contributed by atoms with Crippen LogP contribution in [0.5, 0.6) is 11.6 Å². The summed E-state index contributed by atoms with van der Waals surface area (Å²) in [5, 5.41) is 10.6. The van der Waals surface area contributed by atoms with E-state index in [9.17, 15) is 0 Å². The molecule has 0 spiro atoms. The molecular formula is C21H12ClN3O. The van der Waals surface area contributed by atoms with Crippen molar-refractivity contribution in [2.75, 3.05) is 0 Å². The summed E-state index contributed by atoms with van der Waals surface area (Å²) >= 11 is 6.39. The van der Waals surface area contributed by atoms with Crippen LogP contribution in [-0.4, -0.2) is 9.97 Å². The molecule has 0 atom stereocenters. The van der Waals surface area contributed by atoms with Crippen LogP contribution in [0.4, 0.5) is 0 Å². The van der Waals surface area contributed by atoms with Crippen LogP contribution in [0.2, 0.25) is 5.02 Å². The summed E-state index contributed by atoms with van der Waals surface area (Å²) in [5.74, 6) is 0.944. The van der Waals surface area contributed by atoms with Gasteiger partial charge in [-0.05, 0) is 35.9 Å². The predicted octanol–water partition coefficient (Wildman–Crippen LogP) is 5.61. The molecule has 124 valence electrons. The van der Waals surface area contributed by atoms with E-state index < -0.39 is 0 Å². The third-order valence-corrected chi connectivity index (χ3v) is 4.24. The van der Waals surface area contributed by atoms with Crippen LogP contribution in [0.3, 0.4) is 0 Å². The number of ether oxygens (including phenoxy) is 1. The van der Waals surface area contributed by atoms with E-state index in [-0.39, 0.29) is 0 Å². The quantitative estimate of drug-likeness (QED) is 0.478. The van der Waals surface area contributed by atoms with Crippen LogP contribution in [0.15, 0.2) is 73.1 Å². The van der Waals surface area contributed by atoms with Crippen LogP contribution in [0, 0.1) is 11.3 Å². The molecule has 0 fully saturated rings. The highest BCUT2D eigenvalue weighted by Crippen LogP contribution is 2.39. The summed E-state index contributed by atoms with van der Waals surface area (Å²) in [6, 6.07) is 20.5. The van der Waals surface area contributed by atoms with Crippen molar-refractivity contribution in [3.8, 4) is 28.8 Å². The number of hydrogen-bond donors (Lipinski definition) is 0. The summed E-state index contributed by atoms with van der Waals surface area (Å²) in [7, 11) is 0. The minimum absolute atomic E-state index is 0.439. The van der Waals surface area contributed by atoms with E-state index in [1.165, 1.54) is 0 Å². The molecule has 2 aromatic carbocycles. The Morgan fingerprint density at radius 3 is 2.77 bits per heavy atom. The summed E-state index contributed by atoms with van der Waals surface area (Å²) in [6.07, 6.45) is 3.44. The topological polar surface area (TPSA) is 58.8 Å². The van der Waals surface area contributed by atoms with Gasteiger partial charge in [0.05, 0.1) is 22.2 Å². The van der Waals surface area contributed by atoms with Crippen molar-refractivity contribution < 1.29 is 4.74 Å². The lowest BCUT2D eigenvalue weighted by Gasteiger charge is -2.13. The molecule has 2 aromatic heterocycles. The molecule has 0 saturated carbocycles. The van der Waals surface area contributed by atoms with E-state index in [1.807, 2.05) is 36.4 Å². The second-order valence-corrected chi connectivity index (χ2v) is 6.04. The van der Waals surface area contributed by atoms with Crippen LogP contribution in [0.25, 0.3) is 22.0 Å². The fourth-order valence-corrected chi connectivity index (χ4v) is 2.92. The first kappa shape index (κ1) is 16.1. The Labute approximate surface area is 155 Å². The summed E-state index contributed by atoms with van der Waals surface area (Å²) in [4.78, 5) is 8.59. The van der Waals surface area contributed by atoms with Gasteiger partial charge in [-0.2, -0.15) is 5.26 Å². The van der Waals surface area contributed by atoms with Crippen molar-refractivity contribution in [3.63, 3.8) is 0 Å². The maximum absolute atomic E-state index is 9.15. The highest BCUT2D eigenvalue weighted by Gasteiger charge is 2.13. The molecule has 0 amide bonds. The van der Waals surface area contributed by atoms with Crippen molar-refractivity contribution in [1.82, 2.24) is 9.97 Å². The lowest BCUT2D eigenvalue weighted by atomic mass is 10.0. The van der Waals surface area contributed by atoms with Gasteiger partial charge in [-0.25, -0.2) is 4.98 Å². The minimum atomic E-state index is 0.439. The van der Waals surface area contributed by atoms with Gasteiger partial charge in [-0.3, -0.25) is 4.98 Å². The molecule has 0 aliphatic heterocycles. The Hall–Kier alpha value is -3.42. The molecule has 4 nitrogen and oxygen atoms in total. The van der Waals surface area contributed by atoms with Crippen LogP contribution >= 0.6 is 11.6 Å². The first-order chi connectivity index (χ1) is 12.7. The molecule has 0 unspecified atom stereocenters. The molecule has 0 saturated heterocycles. The minimum Gasteiger partial charge on any atom is -0.437 e. The van der Waals surface area contributed by atoms with Crippen molar-refractivity contribution in [3.05, 3.63) is 83.6 Å². The molecule has 4 aromatic rings. The molecule has 0 N–H and O–H groups in total. The van der Waals surface area contributed by atoms with Crippen molar-refractivity contribution in [1.29, 1.82) is 5.26 Å². The van der Waals surface area contributed by atoms with Crippen LogP contribution < -0.4 is 4.74 Å². The number of para-hydroxylation sites is 1. The van der Waals surface area contributed by atoms with Gasteiger partial charge < -0.3 is 4.74 Å². The van der Waals surface area contributed by atoms with Crippen molar-refractivity contribution >= 4 is 22.5 Å². The molecule has 0 radical (unpaired) electrons. The van der Waals surface area contributed by atoms with Gasteiger partial charge in [0.25, 0.3) is 0 Å². The lowest BCUT2D eigenvalue weighted by Crippen LogP contribution is -1.93. The molecule has 5 heteroatoms. The van der Waals surface area contributed by atoms with E-state index in [0.29, 0.717) is 22.2 Å². The van der Waals surface area contributed by atoms with Gasteiger partial charge in [0.2, 0.25) is 5.88 Å². The predicted molar refractivity (Wildman–Crippen MR) is 101 cm³/mol. The standard InChI is InChI=1S/C21H12ClN3O/c22-18-6-2-5-17(15-4-1-3-14(11-15)12-23)21(18)26-20-8-7-16-13-24-10-9-19(16)25-20/h1-11,13H. The lowest BCUT2D eigenvalue weighted by molar-refractivity contribution is 0.467. The number of pyridine rings is 2. The first-order valence-corrected chi connectivity index (χ1v) is 8.30. The molecule has 2 heterocycles. The van der Waals surface area contributed by atoms with E-state index in [4.69, 9.17) is 21.6 Å². The van der Waals surface area contributed by atoms with Gasteiger partial charge >= 0.3 is 0 Å². The molecule has 0 bridgehead atoms. The Morgan fingerprint density at radius 1 is 1.00 bits per heavy atom. The second-order valence-electron chi connectivity index (χ2n) is 5.63. The number of aromatic nitrogens is 2. The SMILES string of the molecule is N#Cc1cccc(-c2cccc(Cl)c2Oc2ccc3cnccc3n2)c1. The van der Waals surface area contributed by atoms with E-state index in [2.05, 4.69) is 16.0 Å². The molecule has 0 aliphatic carbocycles. The van der Waals surface area contributed by atoms with Gasteiger partial charge in [-0.15, -0.1) is 0 Å². The number of rotatable bonds is 3. The van der Waals surface area contributed by atoms with Gasteiger partial charge in [0.15, 0.2) is 5.75 Å². The van der Waals surface area contributed by atoms with Crippen LogP contribution in [0.1, 0.15) is 5.56 Å². The molecular weight excluding hydrogens is 346 g/mol. The number of benzene rings is 2. The fourth-order valence-electron chi connectivity index (χ4n) is 2.70. The number of fused-ring (bicyclic) bond motifs is 1. The van der Waals surface area contributed by atoms with E-state index in [0.717, 1.165) is 22.0 Å². The maximum Gasteiger partial charge on any atom is 0.219 e. The number of nitrogens with zero attached hydrogens (tertiary/aromatic N) is 3. The summed E-state index contributed by atoms with van der Waals surface area (Å²) in [6.45, 7) is 0. The third-order valence-electron chi connectivity index (χ3n) is 3.94. The molecule has 26 heavy (non-hydrogen) atoms. The summed E-state index contributed by atoms with van der Waals surface area (Å²) < 4.78 is 6.03. The summed E-state index contributed by atoms with van der Waals surface area (Å²) in [5.41, 5.74) is 3.01. The largest absolute Gasteiger partial charge is 0.437 e. The fraction of sp³-hybridized carbons (Fsp3) is 0. The highest BCUT2D eigenvalue weighted by atomic mass is 35.5. The average molecular weight is 358 g/mol. The van der Waals surface area contributed by atoms with Gasteiger partial charge in [0, 0.05) is 29.4 Å². The van der Waals surface area contributed by atoms with Gasteiger partial charge in [-0.1, -0.05) is 35.9 Å². The zero-order valence-corrected chi connectivity index (χ0v) is 14.3. The van der Waals surface area contributed by atoms with E-state index in [1.54, 1.807) is 36.7 Å². The first-order valence-electron chi connectivity index (χ1n) is 7.92. The Morgan fingerprint density at radius 2 is 1.88 bits per heavy atom. The monoisotopic (exact) mass is 357 g/mol. The average Bonchev–Trinajstić information content (AvgIpc) is 2.69. The van der Waals surface area contributed by atoms with Crippen molar-refractivity contribution in [2.45, 2.75) is 0 Å². The van der Waals surface area contributed by atoms with E-state index >= 15 is 0 Å². The van der Waals surface area contributed by atoms with Crippen LogP contribution in [-0.2, 0) is 0 Å². The van der Waals surface area contributed by atoms with Crippen molar-refractivity contribution in [2.24, 2.45) is 0 Å². The zero-order valence-electron chi connectivity index (χ0n) is 13.6. The van der Waals surface area contributed by atoms with Gasteiger partial charge in [0.1, 0.15) is 0 Å². The Balaban J connectivity index is 1.79. The highest BCUT2D eigenvalue weighted by molar-refractivity contribution is 6.32. The Bertz CT molecular complexity index is 1150. The number of hydrogen-bond acceptors (Lipinski definition) is 4. The third kappa shape index (κ3) is 3.08. The normalized spacial score (nSPS) is 10.5. The maximum atomic E-state index is 9.15. The smallest absolute Gasteiger partial charge is 0.219 e.